The van der Waals surface area contributed by atoms with Gasteiger partial charge in [0.2, 0.25) is 0 Å². The number of furan rings is 2. The second-order valence-corrected chi connectivity index (χ2v) is 5.64. The van der Waals surface area contributed by atoms with Gasteiger partial charge < -0.3 is 24.1 Å². The van der Waals surface area contributed by atoms with Crippen LogP contribution in [0.4, 0.5) is 0 Å². The Morgan fingerprint density at radius 1 is 1.25 bits per heavy atom. The lowest BCUT2D eigenvalue weighted by Crippen LogP contribution is -3.14. The number of rotatable bonds is 3. The zero-order valence-electron chi connectivity index (χ0n) is 10.6. The molecule has 2 aromatic heterocycles. The molecule has 1 amide bonds. The van der Waals surface area contributed by atoms with Gasteiger partial charge >= 0.3 is 0 Å². The minimum atomic E-state index is -1.36. The molecule has 6 nitrogen and oxygen atoms in total. The van der Waals surface area contributed by atoms with Crippen LogP contribution < -0.4 is 10.0 Å². The van der Waals surface area contributed by atoms with Gasteiger partial charge in [-0.3, -0.25) is 4.79 Å². The molecule has 0 spiro atoms. The lowest BCUT2D eigenvalue weighted by atomic mass is 10.1. The maximum absolute atomic E-state index is 12.5. The lowest BCUT2D eigenvalue weighted by Gasteiger charge is -2.31. The Morgan fingerprint density at radius 3 is 2.40 bits per heavy atom. The summed E-state index contributed by atoms with van der Waals surface area (Å²) in [5.41, 5.74) is 0.560. The van der Waals surface area contributed by atoms with Gasteiger partial charge in [0.1, 0.15) is 15.7 Å². The molecule has 1 fully saturated rings. The number of nitrogens with zero attached hydrogens (tertiary/aromatic N) is 1. The number of hydrogen-bond donors (Lipinski definition) is 1. The summed E-state index contributed by atoms with van der Waals surface area (Å²) in [5.74, 6) is -1.63. The van der Waals surface area contributed by atoms with Crippen molar-refractivity contribution in [2.45, 2.75) is 0 Å². The predicted molar refractivity (Wildman–Crippen MR) is 77.2 cm³/mol. The molecule has 0 aliphatic carbocycles. The lowest BCUT2D eigenvalue weighted by molar-refractivity contribution is -0.887. The number of carbonyl (C=O) groups is 2. The Kier molecular flexibility index (Phi) is 3.55. The highest BCUT2D eigenvalue weighted by Gasteiger charge is 2.30. The van der Waals surface area contributed by atoms with Crippen LogP contribution in [0.2, 0.25) is 0 Å². The zero-order valence-corrected chi connectivity index (χ0v) is 12.8. The molecule has 20 heavy (non-hydrogen) atoms. The number of aromatic carboxylic acids is 1. The average Bonchev–Trinajstić information content (AvgIpc) is 3.07. The Morgan fingerprint density at radius 2 is 1.85 bits per heavy atom. The van der Waals surface area contributed by atoms with Crippen LogP contribution >= 0.6 is 22.6 Å². The van der Waals surface area contributed by atoms with Gasteiger partial charge in [-0.25, -0.2) is 0 Å². The van der Waals surface area contributed by atoms with E-state index < -0.39 is 5.97 Å². The highest BCUT2D eigenvalue weighted by atomic mass is 127. The summed E-state index contributed by atoms with van der Waals surface area (Å²) in [7, 11) is 0. The van der Waals surface area contributed by atoms with Gasteiger partial charge in [0.25, 0.3) is 5.91 Å². The highest BCUT2D eigenvalue weighted by molar-refractivity contribution is 14.1. The van der Waals surface area contributed by atoms with E-state index in [1.807, 2.05) is 0 Å². The molecular weight excluding hydrogens is 375 g/mol. The van der Waals surface area contributed by atoms with Gasteiger partial charge in [0.15, 0.2) is 0 Å². The third-order valence-corrected chi connectivity index (χ3v) is 4.79. The standard InChI is InChI=1S/C13H13IN2O4/c14-7-15-3-5-16(6-4-15)12(17)10-8-1-2-9(20-8)11(10)13(18)19/h1-2H,3-7H2,(H,18,19). The summed E-state index contributed by atoms with van der Waals surface area (Å²) in [6.45, 7) is 3.02. The van der Waals surface area contributed by atoms with Crippen molar-refractivity contribution in [3.63, 3.8) is 0 Å². The Hall–Kier alpha value is -1.35. The second-order valence-electron chi connectivity index (χ2n) is 4.88. The molecule has 7 heteroatoms. The number of hydrogen-bond acceptors (Lipinski definition) is 4. The number of benzene rings is 1. The number of amides is 1. The quantitative estimate of drug-likeness (QED) is 0.415. The monoisotopic (exact) mass is 388 g/mol. The molecule has 1 aliphatic heterocycles. The van der Waals surface area contributed by atoms with Crippen molar-refractivity contribution in [1.82, 2.24) is 4.90 Å². The smallest absolute Gasteiger partial charge is 0.258 e. The fraction of sp³-hybridized carbons (Fsp3) is 0.385. The molecule has 0 unspecified atom stereocenters. The molecule has 3 rings (SSSR count). The first kappa shape index (κ1) is 13.6. The largest absolute Gasteiger partial charge is 0.545 e. The SMILES string of the molecule is O=C([O-])c1c(C(=O)N2CC[NH+](CI)CC2)c2ccc1o2. The Bertz CT molecular complexity index is 645. The molecule has 106 valence electrons. The van der Waals surface area contributed by atoms with Crippen molar-refractivity contribution in [3.8, 4) is 0 Å². The number of piperazine rings is 1. The van der Waals surface area contributed by atoms with E-state index in [0.717, 1.165) is 17.6 Å². The minimum absolute atomic E-state index is 0.115. The molecule has 1 saturated heterocycles. The van der Waals surface area contributed by atoms with E-state index >= 15 is 0 Å². The number of carboxylic acids is 1. The summed E-state index contributed by atoms with van der Waals surface area (Å²) in [4.78, 5) is 26.8. The molecule has 0 atom stereocenters. The van der Waals surface area contributed by atoms with Gasteiger partial charge in [-0.15, -0.1) is 0 Å². The van der Waals surface area contributed by atoms with E-state index in [1.54, 1.807) is 17.0 Å². The number of halogens is 1. The summed E-state index contributed by atoms with van der Waals surface area (Å²) >= 11 is 2.32. The fourth-order valence-corrected chi connectivity index (χ4v) is 3.35. The number of alkyl halides is 1. The van der Waals surface area contributed by atoms with Crippen molar-refractivity contribution in [2.75, 3.05) is 30.7 Å². The molecule has 1 N–H and O–H groups in total. The van der Waals surface area contributed by atoms with Crippen LogP contribution in [0.3, 0.4) is 0 Å². The van der Waals surface area contributed by atoms with E-state index in [-0.39, 0.29) is 22.6 Å². The first-order valence-corrected chi connectivity index (χ1v) is 7.89. The number of carbonyl (C=O) groups excluding carboxylic acids is 2. The topological polar surface area (TPSA) is 78.0 Å². The van der Waals surface area contributed by atoms with E-state index in [9.17, 15) is 14.7 Å². The molecule has 2 bridgehead atoms. The van der Waals surface area contributed by atoms with Gasteiger partial charge in [-0.2, -0.15) is 0 Å². The average molecular weight is 388 g/mol. The number of fused-ring (bicyclic) bond motifs is 2. The van der Waals surface area contributed by atoms with Gasteiger partial charge in [0.05, 0.1) is 43.3 Å². The maximum atomic E-state index is 12.5. The van der Waals surface area contributed by atoms with Gasteiger partial charge in [0, 0.05) is 0 Å². The molecule has 0 radical (unpaired) electrons. The molecule has 2 aromatic rings. The summed E-state index contributed by atoms with van der Waals surface area (Å²) in [6.07, 6.45) is 0. The Labute approximate surface area is 128 Å². The first-order valence-electron chi connectivity index (χ1n) is 6.37. The molecule has 1 aliphatic rings. The number of nitrogens with one attached hydrogen (secondary N) is 1. The van der Waals surface area contributed by atoms with Crippen molar-refractivity contribution in [1.29, 1.82) is 0 Å². The summed E-state index contributed by atoms with van der Waals surface area (Å²) < 4.78 is 6.29. The first-order chi connectivity index (χ1) is 9.61. The summed E-state index contributed by atoms with van der Waals surface area (Å²) in [6, 6.07) is 3.18. The van der Waals surface area contributed by atoms with Crippen LogP contribution in [0, 0.1) is 0 Å². The highest BCUT2D eigenvalue weighted by Crippen LogP contribution is 2.29. The second kappa shape index (κ2) is 5.21. The zero-order chi connectivity index (χ0) is 14.3. The van der Waals surface area contributed by atoms with Crippen molar-refractivity contribution >= 4 is 45.6 Å². The summed E-state index contributed by atoms with van der Waals surface area (Å²) in [5, 5.41) is 11.2. The molecule has 3 heterocycles. The number of quaternary nitrogens is 1. The predicted octanol–water partition coefficient (Wildman–Crippen LogP) is -1.03. The van der Waals surface area contributed by atoms with Crippen LogP contribution in [0.5, 0.6) is 0 Å². The number of carboxylic acid groups (broad SMARTS) is 1. The minimum Gasteiger partial charge on any atom is -0.545 e. The maximum Gasteiger partial charge on any atom is 0.258 e. The van der Waals surface area contributed by atoms with Crippen LogP contribution in [0.25, 0.3) is 11.2 Å². The van der Waals surface area contributed by atoms with Crippen molar-refractivity contribution in [2.24, 2.45) is 0 Å². The van der Waals surface area contributed by atoms with E-state index in [1.165, 1.54) is 4.90 Å². The van der Waals surface area contributed by atoms with Gasteiger partial charge in [-0.05, 0) is 34.7 Å². The van der Waals surface area contributed by atoms with E-state index in [2.05, 4.69) is 22.6 Å². The fourth-order valence-electron chi connectivity index (χ4n) is 2.59. The Balaban J connectivity index is 1.87. The molecule has 0 aromatic carbocycles. The van der Waals surface area contributed by atoms with Crippen molar-refractivity contribution < 1.29 is 24.0 Å². The van der Waals surface area contributed by atoms with Crippen LogP contribution in [-0.2, 0) is 0 Å². The van der Waals surface area contributed by atoms with Crippen LogP contribution in [-0.4, -0.2) is 47.5 Å². The van der Waals surface area contributed by atoms with E-state index in [0.29, 0.717) is 18.7 Å². The third kappa shape index (κ3) is 2.14. The van der Waals surface area contributed by atoms with Crippen LogP contribution in [0.15, 0.2) is 16.5 Å². The third-order valence-electron chi connectivity index (χ3n) is 3.71. The van der Waals surface area contributed by atoms with Crippen LogP contribution in [0.1, 0.15) is 20.7 Å². The van der Waals surface area contributed by atoms with Crippen molar-refractivity contribution in [3.05, 3.63) is 23.3 Å². The van der Waals surface area contributed by atoms with E-state index in [4.69, 9.17) is 4.42 Å². The van der Waals surface area contributed by atoms with Gasteiger partial charge in [-0.1, -0.05) is 0 Å². The normalized spacial score (nSPS) is 16.9. The molecule has 0 saturated carbocycles. The molecular formula is C13H13IN2O4.